The lowest BCUT2D eigenvalue weighted by Crippen LogP contribution is -2.37. The van der Waals surface area contributed by atoms with E-state index in [9.17, 15) is 8.42 Å². The highest BCUT2D eigenvalue weighted by Crippen LogP contribution is 2.26. The third kappa shape index (κ3) is 3.82. The summed E-state index contributed by atoms with van der Waals surface area (Å²) >= 11 is 0. The highest BCUT2D eigenvalue weighted by molar-refractivity contribution is 7.89. The Hall–Kier alpha value is -1.66. The van der Waals surface area contributed by atoms with Crippen molar-refractivity contribution in [1.29, 1.82) is 0 Å². The van der Waals surface area contributed by atoms with Gasteiger partial charge in [0.15, 0.2) is 5.76 Å². The summed E-state index contributed by atoms with van der Waals surface area (Å²) in [6.07, 6.45) is 3.99. The average molecular weight is 334 g/mol. The van der Waals surface area contributed by atoms with Crippen LogP contribution in [0.1, 0.15) is 38.3 Å². The maximum atomic E-state index is 12.5. The van der Waals surface area contributed by atoms with Crippen LogP contribution in [0, 0.1) is 12.8 Å². The van der Waals surface area contributed by atoms with Crippen LogP contribution < -0.4 is 4.72 Å². The smallest absolute Gasteiger partial charge is 0.240 e. The maximum Gasteiger partial charge on any atom is 0.240 e. The largest absolute Gasteiger partial charge is 0.356 e. The Morgan fingerprint density at radius 1 is 1.13 bits per heavy atom. The summed E-state index contributed by atoms with van der Waals surface area (Å²) in [4.78, 5) is 0.288. The van der Waals surface area contributed by atoms with Gasteiger partial charge in [-0.15, -0.1) is 0 Å². The first-order valence-corrected chi connectivity index (χ1v) is 9.48. The Morgan fingerprint density at radius 3 is 2.35 bits per heavy atom. The van der Waals surface area contributed by atoms with E-state index in [0.717, 1.165) is 36.9 Å². The molecule has 1 fully saturated rings. The molecule has 1 heterocycles. The molecule has 1 aromatic heterocycles. The van der Waals surface area contributed by atoms with E-state index in [1.54, 1.807) is 24.3 Å². The van der Waals surface area contributed by atoms with E-state index in [1.165, 1.54) is 0 Å². The van der Waals surface area contributed by atoms with Crippen molar-refractivity contribution in [1.82, 2.24) is 9.88 Å². The molecule has 1 aliphatic rings. The van der Waals surface area contributed by atoms with Crippen LogP contribution >= 0.6 is 0 Å². The van der Waals surface area contributed by atoms with Crippen molar-refractivity contribution in [2.45, 2.75) is 50.5 Å². The fraction of sp³-hybridized carbons (Fsp3) is 0.471. The summed E-state index contributed by atoms with van der Waals surface area (Å²) in [5.41, 5.74) is 1.61. The topological polar surface area (TPSA) is 72.2 Å². The molecule has 0 bridgehead atoms. The van der Waals surface area contributed by atoms with Gasteiger partial charge in [0, 0.05) is 17.7 Å². The lowest BCUT2D eigenvalue weighted by molar-refractivity contribution is 0.332. The number of aromatic nitrogens is 1. The van der Waals surface area contributed by atoms with Crippen LogP contribution in [0.15, 0.2) is 39.8 Å². The second-order valence-corrected chi connectivity index (χ2v) is 8.15. The van der Waals surface area contributed by atoms with Gasteiger partial charge in [-0.3, -0.25) is 0 Å². The number of hydrogen-bond acceptors (Lipinski definition) is 4. The number of aryl methyl sites for hydroxylation is 1. The van der Waals surface area contributed by atoms with E-state index in [-0.39, 0.29) is 10.9 Å². The summed E-state index contributed by atoms with van der Waals surface area (Å²) in [7, 11) is -3.47. The first kappa shape index (κ1) is 16.2. The molecule has 0 spiro atoms. The zero-order valence-electron chi connectivity index (χ0n) is 13.5. The Kier molecular flexibility index (Phi) is 4.55. The van der Waals surface area contributed by atoms with Gasteiger partial charge in [-0.05, 0) is 62.8 Å². The molecule has 0 saturated heterocycles. The summed E-state index contributed by atoms with van der Waals surface area (Å²) in [5, 5.41) is 3.84. The van der Waals surface area contributed by atoms with Crippen LogP contribution in [-0.2, 0) is 10.0 Å². The predicted molar refractivity (Wildman–Crippen MR) is 88.4 cm³/mol. The van der Waals surface area contributed by atoms with Crippen LogP contribution in [-0.4, -0.2) is 19.6 Å². The highest BCUT2D eigenvalue weighted by Gasteiger charge is 2.24. The molecule has 2 aromatic rings. The normalized spacial score (nSPS) is 22.2. The van der Waals surface area contributed by atoms with Gasteiger partial charge in [-0.1, -0.05) is 12.1 Å². The molecule has 23 heavy (non-hydrogen) atoms. The van der Waals surface area contributed by atoms with E-state index < -0.39 is 10.0 Å². The first-order valence-electron chi connectivity index (χ1n) is 8.00. The van der Waals surface area contributed by atoms with Crippen LogP contribution in [0.25, 0.3) is 11.3 Å². The first-order chi connectivity index (χ1) is 10.9. The molecule has 0 aliphatic heterocycles. The standard InChI is InChI=1S/C17H22N2O3S/c1-12-3-7-15(8-4-12)19-23(20,21)16-9-5-14(6-10-16)17-11-13(2)18-22-17/h5-6,9-12,15,19H,3-4,7-8H2,1-2H3. The monoisotopic (exact) mass is 334 g/mol. The Balaban J connectivity index is 1.72. The molecule has 0 unspecified atom stereocenters. The van der Waals surface area contributed by atoms with Gasteiger partial charge in [0.05, 0.1) is 10.6 Å². The lowest BCUT2D eigenvalue weighted by atomic mass is 9.88. The highest BCUT2D eigenvalue weighted by atomic mass is 32.2. The van der Waals surface area contributed by atoms with Gasteiger partial charge in [-0.25, -0.2) is 13.1 Å². The minimum atomic E-state index is -3.47. The quantitative estimate of drug-likeness (QED) is 0.929. The second kappa shape index (κ2) is 6.45. The summed E-state index contributed by atoms with van der Waals surface area (Å²) in [5.74, 6) is 1.33. The summed E-state index contributed by atoms with van der Waals surface area (Å²) in [6.45, 7) is 4.06. The van der Waals surface area contributed by atoms with E-state index in [2.05, 4.69) is 16.8 Å². The van der Waals surface area contributed by atoms with Gasteiger partial charge in [-0.2, -0.15) is 0 Å². The van der Waals surface area contributed by atoms with Crippen LogP contribution in [0.4, 0.5) is 0 Å². The van der Waals surface area contributed by atoms with Gasteiger partial charge >= 0.3 is 0 Å². The van der Waals surface area contributed by atoms with Crippen LogP contribution in [0.2, 0.25) is 0 Å². The molecule has 3 rings (SSSR count). The molecule has 5 nitrogen and oxygen atoms in total. The molecule has 0 radical (unpaired) electrons. The molecular formula is C17H22N2O3S. The third-order valence-corrected chi connectivity index (χ3v) is 5.95. The minimum absolute atomic E-state index is 0.0489. The number of nitrogens with one attached hydrogen (secondary N) is 1. The Bertz CT molecular complexity index is 757. The van der Waals surface area contributed by atoms with E-state index in [0.29, 0.717) is 11.7 Å². The van der Waals surface area contributed by atoms with Crippen LogP contribution in [0.5, 0.6) is 0 Å². The van der Waals surface area contributed by atoms with Crippen molar-refractivity contribution in [2.75, 3.05) is 0 Å². The van der Waals surface area contributed by atoms with Crippen molar-refractivity contribution in [2.24, 2.45) is 5.92 Å². The molecule has 0 atom stereocenters. The molecule has 1 aromatic carbocycles. The predicted octanol–water partition coefficient (Wildman–Crippen LogP) is 3.51. The average Bonchev–Trinajstić information content (AvgIpc) is 2.96. The number of sulfonamides is 1. The van der Waals surface area contributed by atoms with Gasteiger partial charge in [0.2, 0.25) is 10.0 Å². The maximum absolute atomic E-state index is 12.5. The molecule has 6 heteroatoms. The van der Waals surface area contributed by atoms with Gasteiger partial charge in [0.25, 0.3) is 0 Å². The van der Waals surface area contributed by atoms with Crippen molar-refractivity contribution in [3.63, 3.8) is 0 Å². The Morgan fingerprint density at radius 2 is 1.78 bits per heavy atom. The number of benzene rings is 1. The molecule has 124 valence electrons. The minimum Gasteiger partial charge on any atom is -0.356 e. The third-order valence-electron chi connectivity index (χ3n) is 4.41. The number of hydrogen-bond donors (Lipinski definition) is 1. The van der Waals surface area contributed by atoms with E-state index >= 15 is 0 Å². The molecule has 1 N–H and O–H groups in total. The number of rotatable bonds is 4. The molecule has 0 amide bonds. The van der Waals surface area contributed by atoms with Crippen molar-refractivity contribution in [3.05, 3.63) is 36.0 Å². The second-order valence-electron chi connectivity index (χ2n) is 6.44. The lowest BCUT2D eigenvalue weighted by Gasteiger charge is -2.26. The van der Waals surface area contributed by atoms with Gasteiger partial charge in [0.1, 0.15) is 0 Å². The zero-order valence-corrected chi connectivity index (χ0v) is 14.3. The van der Waals surface area contributed by atoms with Crippen molar-refractivity contribution in [3.8, 4) is 11.3 Å². The summed E-state index contributed by atoms with van der Waals surface area (Å²) in [6, 6.07) is 8.59. The molecular weight excluding hydrogens is 312 g/mol. The fourth-order valence-corrected chi connectivity index (χ4v) is 4.27. The number of nitrogens with zero attached hydrogens (tertiary/aromatic N) is 1. The van der Waals surface area contributed by atoms with Gasteiger partial charge < -0.3 is 4.52 Å². The zero-order chi connectivity index (χ0) is 16.4. The fourth-order valence-electron chi connectivity index (χ4n) is 2.96. The molecule has 1 aliphatic carbocycles. The van der Waals surface area contributed by atoms with Crippen LogP contribution in [0.3, 0.4) is 0 Å². The van der Waals surface area contributed by atoms with E-state index in [4.69, 9.17) is 4.52 Å². The SMILES string of the molecule is Cc1cc(-c2ccc(S(=O)(=O)NC3CCC(C)CC3)cc2)on1. The summed E-state index contributed by atoms with van der Waals surface area (Å²) < 4.78 is 33.0. The van der Waals surface area contributed by atoms with Crippen molar-refractivity contribution >= 4 is 10.0 Å². The Labute approximate surface area is 137 Å². The van der Waals surface area contributed by atoms with Crippen molar-refractivity contribution < 1.29 is 12.9 Å². The van der Waals surface area contributed by atoms with E-state index in [1.807, 2.05) is 13.0 Å². The molecule has 1 saturated carbocycles.